The van der Waals surface area contributed by atoms with Crippen LogP contribution >= 0.6 is 0 Å². The van der Waals surface area contributed by atoms with Gasteiger partial charge in [-0.2, -0.15) is 0 Å². The molecule has 1 rings (SSSR count). The molecule has 14 heavy (non-hydrogen) atoms. The van der Waals surface area contributed by atoms with Crippen LogP contribution in [0.25, 0.3) is 0 Å². The molecule has 1 fully saturated rings. The fourth-order valence-electron chi connectivity index (χ4n) is 2.17. The average Bonchev–Trinajstić information content (AvgIpc) is 2.17. The minimum absolute atomic E-state index is 0.271. The summed E-state index contributed by atoms with van der Waals surface area (Å²) in [6, 6.07) is 0.273. The van der Waals surface area contributed by atoms with Crippen LogP contribution in [0, 0.1) is 11.8 Å². The predicted octanol–water partition coefficient (Wildman–Crippen LogP) is 2.51. The van der Waals surface area contributed by atoms with E-state index >= 15 is 0 Å². The van der Waals surface area contributed by atoms with Crippen molar-refractivity contribution in [2.75, 3.05) is 0 Å². The summed E-state index contributed by atoms with van der Waals surface area (Å²) in [6.07, 6.45) is 6.10. The maximum atomic E-state index is 11.9. The molecule has 0 saturated heterocycles. The molecule has 0 aromatic carbocycles. The summed E-state index contributed by atoms with van der Waals surface area (Å²) in [4.78, 5) is 11.9. The number of hydrogen-bond donors (Lipinski definition) is 1. The van der Waals surface area contributed by atoms with Crippen LogP contribution in [0.4, 0.5) is 0 Å². The van der Waals surface area contributed by atoms with Gasteiger partial charge in [-0.3, -0.25) is 4.79 Å². The number of nitrogens with two attached hydrogens (primary N) is 1. The maximum Gasteiger partial charge on any atom is 0.136 e. The molecule has 0 bridgehead atoms. The first-order valence-corrected chi connectivity index (χ1v) is 5.91. The molecule has 0 spiro atoms. The molecule has 0 aromatic heterocycles. The van der Waals surface area contributed by atoms with E-state index in [1.165, 1.54) is 0 Å². The monoisotopic (exact) mass is 197 g/mol. The number of carbonyl (C=O) groups is 1. The third-order valence-electron chi connectivity index (χ3n) is 3.42. The zero-order valence-corrected chi connectivity index (χ0v) is 9.46. The van der Waals surface area contributed by atoms with Crippen molar-refractivity contribution in [1.82, 2.24) is 0 Å². The standard InChI is InChI=1S/C12H23NO/c1-3-9(2)7-12(14)10-5-4-6-11(13)8-10/h9-11H,3-8,13H2,1-2H3. The number of Topliss-reactive ketones (excluding diaryl/α,β-unsaturated/α-hetero) is 1. The molecule has 2 nitrogen and oxygen atoms in total. The van der Waals surface area contributed by atoms with Gasteiger partial charge in [-0.1, -0.05) is 26.7 Å². The molecule has 82 valence electrons. The van der Waals surface area contributed by atoms with Crippen molar-refractivity contribution in [2.45, 2.75) is 58.4 Å². The first kappa shape index (κ1) is 11.7. The highest BCUT2D eigenvalue weighted by Crippen LogP contribution is 2.26. The van der Waals surface area contributed by atoms with Crippen molar-refractivity contribution in [3.05, 3.63) is 0 Å². The second-order valence-electron chi connectivity index (χ2n) is 4.81. The Morgan fingerprint density at radius 2 is 2.21 bits per heavy atom. The second-order valence-corrected chi connectivity index (χ2v) is 4.81. The number of hydrogen-bond acceptors (Lipinski definition) is 2. The van der Waals surface area contributed by atoms with Crippen LogP contribution in [0.1, 0.15) is 52.4 Å². The molecule has 0 aromatic rings. The van der Waals surface area contributed by atoms with Crippen LogP contribution in [-0.2, 0) is 4.79 Å². The predicted molar refractivity (Wildman–Crippen MR) is 59.0 cm³/mol. The quantitative estimate of drug-likeness (QED) is 0.752. The lowest BCUT2D eigenvalue weighted by Gasteiger charge is -2.26. The summed E-state index contributed by atoms with van der Waals surface area (Å²) in [6.45, 7) is 4.30. The van der Waals surface area contributed by atoms with Gasteiger partial charge in [-0.05, 0) is 25.2 Å². The molecule has 0 heterocycles. The van der Waals surface area contributed by atoms with Crippen molar-refractivity contribution in [3.8, 4) is 0 Å². The van der Waals surface area contributed by atoms with E-state index in [1.807, 2.05) is 0 Å². The van der Waals surface area contributed by atoms with Crippen molar-refractivity contribution in [2.24, 2.45) is 17.6 Å². The van der Waals surface area contributed by atoms with Crippen molar-refractivity contribution in [1.29, 1.82) is 0 Å². The Labute approximate surface area is 87.2 Å². The fraction of sp³-hybridized carbons (Fsp3) is 0.917. The molecule has 0 radical (unpaired) electrons. The lowest BCUT2D eigenvalue weighted by Crippen LogP contribution is -2.32. The minimum Gasteiger partial charge on any atom is -0.328 e. The molecule has 0 aliphatic heterocycles. The zero-order valence-electron chi connectivity index (χ0n) is 9.46. The van der Waals surface area contributed by atoms with Crippen LogP contribution in [0.2, 0.25) is 0 Å². The third-order valence-corrected chi connectivity index (χ3v) is 3.42. The molecule has 0 amide bonds. The second kappa shape index (κ2) is 5.50. The number of ketones is 1. The molecule has 1 aliphatic carbocycles. The van der Waals surface area contributed by atoms with Gasteiger partial charge in [0, 0.05) is 18.4 Å². The van der Waals surface area contributed by atoms with Crippen LogP contribution in [0.5, 0.6) is 0 Å². The Kier molecular flexibility index (Phi) is 4.59. The molecule has 1 saturated carbocycles. The highest BCUT2D eigenvalue weighted by atomic mass is 16.1. The van der Waals surface area contributed by atoms with E-state index in [0.29, 0.717) is 11.7 Å². The van der Waals surface area contributed by atoms with E-state index in [2.05, 4.69) is 13.8 Å². The molecule has 3 atom stereocenters. The zero-order chi connectivity index (χ0) is 10.6. The van der Waals surface area contributed by atoms with E-state index in [-0.39, 0.29) is 12.0 Å². The summed E-state index contributed by atoms with van der Waals surface area (Å²) in [5, 5.41) is 0. The fourth-order valence-corrected chi connectivity index (χ4v) is 2.17. The van der Waals surface area contributed by atoms with Gasteiger partial charge in [-0.25, -0.2) is 0 Å². The molecular formula is C12H23NO. The Bertz CT molecular complexity index is 191. The van der Waals surface area contributed by atoms with Gasteiger partial charge in [-0.15, -0.1) is 0 Å². The van der Waals surface area contributed by atoms with Gasteiger partial charge in [0.15, 0.2) is 0 Å². The van der Waals surface area contributed by atoms with Crippen molar-refractivity contribution >= 4 is 5.78 Å². The largest absolute Gasteiger partial charge is 0.328 e. The van der Waals surface area contributed by atoms with Crippen LogP contribution in [0.15, 0.2) is 0 Å². The minimum atomic E-state index is 0.271. The number of carbonyl (C=O) groups excluding carboxylic acids is 1. The van der Waals surface area contributed by atoms with E-state index in [1.54, 1.807) is 0 Å². The Balaban J connectivity index is 2.36. The number of rotatable bonds is 4. The van der Waals surface area contributed by atoms with Gasteiger partial charge < -0.3 is 5.73 Å². The topological polar surface area (TPSA) is 43.1 Å². The summed E-state index contributed by atoms with van der Waals surface area (Å²) < 4.78 is 0. The van der Waals surface area contributed by atoms with Gasteiger partial charge in [0.1, 0.15) is 5.78 Å². The Hall–Kier alpha value is -0.370. The first-order chi connectivity index (χ1) is 6.63. The lowest BCUT2D eigenvalue weighted by molar-refractivity contribution is -0.124. The van der Waals surface area contributed by atoms with E-state index < -0.39 is 0 Å². The smallest absolute Gasteiger partial charge is 0.136 e. The average molecular weight is 197 g/mol. The van der Waals surface area contributed by atoms with Gasteiger partial charge >= 0.3 is 0 Å². The highest BCUT2D eigenvalue weighted by Gasteiger charge is 2.25. The Morgan fingerprint density at radius 1 is 1.50 bits per heavy atom. The van der Waals surface area contributed by atoms with Crippen LogP contribution in [0.3, 0.4) is 0 Å². The third kappa shape index (κ3) is 3.41. The summed E-state index contributed by atoms with van der Waals surface area (Å²) in [7, 11) is 0. The molecule has 2 heteroatoms. The van der Waals surface area contributed by atoms with Crippen molar-refractivity contribution in [3.63, 3.8) is 0 Å². The van der Waals surface area contributed by atoms with Crippen molar-refractivity contribution < 1.29 is 4.79 Å². The normalized spacial score (nSPS) is 29.9. The summed E-state index contributed by atoms with van der Waals surface area (Å²) in [5.74, 6) is 1.27. The molecular weight excluding hydrogens is 174 g/mol. The van der Waals surface area contributed by atoms with E-state index in [0.717, 1.165) is 38.5 Å². The van der Waals surface area contributed by atoms with Crippen LogP contribution < -0.4 is 5.73 Å². The molecule has 3 unspecified atom stereocenters. The Morgan fingerprint density at radius 3 is 2.79 bits per heavy atom. The first-order valence-electron chi connectivity index (χ1n) is 5.91. The molecule has 2 N–H and O–H groups in total. The van der Waals surface area contributed by atoms with Gasteiger partial charge in [0.25, 0.3) is 0 Å². The maximum absolute atomic E-state index is 11.9. The highest BCUT2D eigenvalue weighted by molar-refractivity contribution is 5.81. The summed E-state index contributed by atoms with van der Waals surface area (Å²) in [5.41, 5.74) is 5.87. The van der Waals surface area contributed by atoms with E-state index in [9.17, 15) is 4.79 Å². The van der Waals surface area contributed by atoms with Gasteiger partial charge in [0.2, 0.25) is 0 Å². The summed E-state index contributed by atoms with van der Waals surface area (Å²) >= 11 is 0. The van der Waals surface area contributed by atoms with Gasteiger partial charge in [0.05, 0.1) is 0 Å². The lowest BCUT2D eigenvalue weighted by atomic mass is 9.81. The van der Waals surface area contributed by atoms with Crippen LogP contribution in [-0.4, -0.2) is 11.8 Å². The van der Waals surface area contributed by atoms with E-state index in [4.69, 9.17) is 5.73 Å². The SMILES string of the molecule is CCC(C)CC(=O)C1CCCC(N)C1. The molecule has 1 aliphatic rings.